The summed E-state index contributed by atoms with van der Waals surface area (Å²) in [4.78, 5) is 26.5. The van der Waals surface area contributed by atoms with Crippen LogP contribution in [0.15, 0.2) is 30.3 Å². The van der Waals surface area contributed by atoms with E-state index < -0.39 is 11.0 Å². The number of piperidine rings is 1. The molecule has 0 aromatic heterocycles. The Kier molecular flexibility index (Phi) is 6.71. The molecule has 1 saturated heterocycles. The summed E-state index contributed by atoms with van der Waals surface area (Å²) in [6.07, 6.45) is 0.887. The van der Waals surface area contributed by atoms with Gasteiger partial charge in [0.15, 0.2) is 0 Å². The first kappa shape index (κ1) is 20.0. The fourth-order valence-electron chi connectivity index (χ4n) is 2.71. The van der Waals surface area contributed by atoms with E-state index in [-0.39, 0.29) is 18.7 Å². The number of alkyl halides is 1. The highest BCUT2D eigenvalue weighted by atomic mass is 127. The van der Waals surface area contributed by atoms with E-state index in [0.29, 0.717) is 30.4 Å². The Morgan fingerprint density at radius 1 is 1.16 bits per heavy atom. The first-order chi connectivity index (χ1) is 11.8. The van der Waals surface area contributed by atoms with Gasteiger partial charge in [-0.3, -0.25) is 4.79 Å². The number of carbonyl (C=O) groups excluding carboxylic acids is 2. The van der Waals surface area contributed by atoms with Gasteiger partial charge in [0.2, 0.25) is 0 Å². The summed E-state index contributed by atoms with van der Waals surface area (Å²) in [5, 5.41) is 0. The average Bonchev–Trinajstić information content (AvgIpc) is 2.59. The zero-order chi connectivity index (χ0) is 18.5. The molecule has 1 aromatic carbocycles. The molecular formula is C19H26INO4. The molecule has 1 aliphatic heterocycles. The van der Waals surface area contributed by atoms with E-state index in [4.69, 9.17) is 9.47 Å². The van der Waals surface area contributed by atoms with Gasteiger partial charge in [-0.25, -0.2) is 4.79 Å². The molecule has 0 bridgehead atoms. The molecule has 25 heavy (non-hydrogen) atoms. The van der Waals surface area contributed by atoms with Gasteiger partial charge in [0.1, 0.15) is 12.2 Å². The van der Waals surface area contributed by atoms with E-state index in [0.717, 1.165) is 5.56 Å². The van der Waals surface area contributed by atoms with Gasteiger partial charge >= 0.3 is 12.1 Å². The molecule has 1 fully saturated rings. The molecule has 0 radical (unpaired) electrons. The molecule has 1 heterocycles. The van der Waals surface area contributed by atoms with Gasteiger partial charge in [-0.2, -0.15) is 0 Å². The van der Waals surface area contributed by atoms with Crippen LogP contribution in [0.3, 0.4) is 0 Å². The fourth-order valence-corrected chi connectivity index (χ4v) is 3.79. The lowest BCUT2D eigenvalue weighted by Gasteiger charge is -2.39. The van der Waals surface area contributed by atoms with Gasteiger partial charge in [0, 0.05) is 17.5 Å². The second kappa shape index (κ2) is 8.38. The van der Waals surface area contributed by atoms with Crippen LogP contribution in [0.4, 0.5) is 4.79 Å². The van der Waals surface area contributed by atoms with Crippen molar-refractivity contribution >= 4 is 34.7 Å². The number of hydrogen-bond donors (Lipinski definition) is 0. The number of esters is 1. The monoisotopic (exact) mass is 459 g/mol. The number of benzene rings is 1. The van der Waals surface area contributed by atoms with Crippen LogP contribution in [0.5, 0.6) is 0 Å². The van der Waals surface area contributed by atoms with E-state index in [1.54, 1.807) is 4.90 Å². The number of ether oxygens (including phenoxy) is 2. The summed E-state index contributed by atoms with van der Waals surface area (Å²) in [7, 11) is 0. The molecule has 1 amide bonds. The molecule has 1 aromatic rings. The molecule has 0 unspecified atom stereocenters. The van der Waals surface area contributed by atoms with Gasteiger partial charge in [0.05, 0.1) is 5.41 Å². The lowest BCUT2D eigenvalue weighted by molar-refractivity contribution is -0.158. The first-order valence-corrected chi connectivity index (χ1v) is 10.0. The maximum atomic E-state index is 12.7. The van der Waals surface area contributed by atoms with Crippen LogP contribution in [0.25, 0.3) is 0 Å². The minimum Gasteiger partial charge on any atom is -0.460 e. The molecule has 0 saturated carbocycles. The van der Waals surface area contributed by atoms with Crippen LogP contribution in [-0.4, -0.2) is 40.1 Å². The van der Waals surface area contributed by atoms with Gasteiger partial charge in [-0.1, -0.05) is 52.9 Å². The second-order valence-corrected chi connectivity index (χ2v) is 8.21. The summed E-state index contributed by atoms with van der Waals surface area (Å²) >= 11 is 2.24. The Bertz CT molecular complexity index is 589. The number of rotatable bonds is 4. The maximum Gasteiger partial charge on any atom is 0.410 e. The quantitative estimate of drug-likeness (QED) is 0.385. The summed E-state index contributed by atoms with van der Waals surface area (Å²) < 4.78 is 11.7. The van der Waals surface area contributed by atoms with Crippen molar-refractivity contribution in [1.29, 1.82) is 0 Å². The topological polar surface area (TPSA) is 55.8 Å². The number of carbonyl (C=O) groups is 2. The summed E-state index contributed by atoms with van der Waals surface area (Å²) in [5.41, 5.74) is -0.0530. The molecule has 0 aliphatic carbocycles. The number of amides is 1. The fraction of sp³-hybridized carbons (Fsp3) is 0.579. The molecule has 0 N–H and O–H groups in total. The van der Waals surface area contributed by atoms with Crippen molar-refractivity contribution in [2.75, 3.05) is 17.5 Å². The maximum absolute atomic E-state index is 12.7. The Morgan fingerprint density at radius 2 is 1.76 bits per heavy atom. The van der Waals surface area contributed by atoms with Crippen LogP contribution in [-0.2, 0) is 20.9 Å². The van der Waals surface area contributed by atoms with E-state index in [2.05, 4.69) is 22.6 Å². The lowest BCUT2D eigenvalue weighted by Crippen LogP contribution is -2.49. The van der Waals surface area contributed by atoms with E-state index in [1.165, 1.54) is 0 Å². The second-order valence-electron chi connectivity index (χ2n) is 7.44. The third-order valence-corrected chi connectivity index (χ3v) is 5.73. The zero-order valence-electron chi connectivity index (χ0n) is 15.1. The molecule has 0 atom stereocenters. The van der Waals surface area contributed by atoms with Crippen molar-refractivity contribution in [3.8, 4) is 0 Å². The molecule has 1 aliphatic rings. The van der Waals surface area contributed by atoms with Crippen molar-refractivity contribution in [3.63, 3.8) is 0 Å². The summed E-state index contributed by atoms with van der Waals surface area (Å²) in [6.45, 7) is 6.87. The van der Waals surface area contributed by atoms with Gasteiger partial charge < -0.3 is 14.4 Å². The van der Waals surface area contributed by atoms with Crippen LogP contribution >= 0.6 is 22.6 Å². The van der Waals surface area contributed by atoms with Crippen molar-refractivity contribution in [2.45, 2.75) is 45.8 Å². The number of nitrogens with zero attached hydrogens (tertiary/aromatic N) is 1. The minimum atomic E-state index is -0.520. The van der Waals surface area contributed by atoms with E-state index in [1.807, 2.05) is 51.1 Å². The third-order valence-electron chi connectivity index (χ3n) is 4.27. The van der Waals surface area contributed by atoms with Crippen molar-refractivity contribution < 1.29 is 19.1 Å². The highest BCUT2D eigenvalue weighted by molar-refractivity contribution is 14.1. The zero-order valence-corrected chi connectivity index (χ0v) is 17.2. The average molecular weight is 459 g/mol. The summed E-state index contributed by atoms with van der Waals surface area (Å²) in [6, 6.07) is 9.67. The standard InChI is InChI=1S/C19H26INO4/c1-18(2,3)25-17(23)21-11-9-19(14-20,10-12-21)16(22)24-13-15-7-5-4-6-8-15/h4-8H,9-14H2,1-3H3. The Balaban J connectivity index is 1.91. The normalized spacial score (nSPS) is 17.0. The first-order valence-electron chi connectivity index (χ1n) is 8.51. The van der Waals surface area contributed by atoms with Crippen LogP contribution in [0.1, 0.15) is 39.2 Å². The number of hydrogen-bond acceptors (Lipinski definition) is 4. The highest BCUT2D eigenvalue weighted by Gasteiger charge is 2.43. The van der Waals surface area contributed by atoms with Gasteiger partial charge in [-0.15, -0.1) is 0 Å². The predicted molar refractivity (Wildman–Crippen MR) is 105 cm³/mol. The third kappa shape index (κ3) is 5.59. The van der Waals surface area contributed by atoms with Gasteiger partial charge in [0.25, 0.3) is 0 Å². The highest BCUT2D eigenvalue weighted by Crippen LogP contribution is 2.35. The molecule has 0 spiro atoms. The van der Waals surface area contributed by atoms with Crippen molar-refractivity contribution in [3.05, 3.63) is 35.9 Å². The Morgan fingerprint density at radius 3 is 2.28 bits per heavy atom. The minimum absolute atomic E-state index is 0.172. The largest absolute Gasteiger partial charge is 0.460 e. The Hall–Kier alpha value is -1.31. The predicted octanol–water partition coefficient (Wildman–Crippen LogP) is 4.18. The van der Waals surface area contributed by atoms with Crippen LogP contribution < -0.4 is 0 Å². The molecule has 5 nitrogen and oxygen atoms in total. The number of halogens is 1. The molecule has 6 heteroatoms. The number of likely N-dealkylation sites (tertiary alicyclic amines) is 1. The molecule has 138 valence electrons. The Labute approximate surface area is 163 Å². The SMILES string of the molecule is CC(C)(C)OC(=O)N1CCC(CI)(C(=O)OCc2ccccc2)CC1. The van der Waals surface area contributed by atoms with Gasteiger partial charge in [-0.05, 0) is 39.2 Å². The molecular weight excluding hydrogens is 433 g/mol. The summed E-state index contributed by atoms with van der Waals surface area (Å²) in [5.74, 6) is -0.172. The van der Waals surface area contributed by atoms with E-state index >= 15 is 0 Å². The van der Waals surface area contributed by atoms with Crippen molar-refractivity contribution in [1.82, 2.24) is 4.90 Å². The van der Waals surface area contributed by atoms with Crippen LogP contribution in [0.2, 0.25) is 0 Å². The molecule has 2 rings (SSSR count). The van der Waals surface area contributed by atoms with Crippen molar-refractivity contribution in [2.24, 2.45) is 5.41 Å². The van der Waals surface area contributed by atoms with E-state index in [9.17, 15) is 9.59 Å². The smallest absolute Gasteiger partial charge is 0.410 e. The lowest BCUT2D eigenvalue weighted by atomic mass is 9.80. The van der Waals surface area contributed by atoms with Crippen LogP contribution in [0, 0.1) is 5.41 Å².